The monoisotopic (exact) mass is 307 g/mol. The number of nitriles is 1. The van der Waals surface area contributed by atoms with Gasteiger partial charge in [0, 0.05) is 12.5 Å². The summed E-state index contributed by atoms with van der Waals surface area (Å²) in [6.07, 6.45) is 1.63. The van der Waals surface area contributed by atoms with Crippen LogP contribution in [0.5, 0.6) is 0 Å². The molecule has 22 heavy (non-hydrogen) atoms. The van der Waals surface area contributed by atoms with Gasteiger partial charge in [-0.1, -0.05) is 30.3 Å². The van der Waals surface area contributed by atoms with E-state index in [0.29, 0.717) is 5.57 Å². The van der Waals surface area contributed by atoms with E-state index in [1.54, 1.807) is 20.8 Å². The van der Waals surface area contributed by atoms with Crippen molar-refractivity contribution < 1.29 is 25.3 Å². The lowest BCUT2D eigenvalue weighted by molar-refractivity contribution is -0.116. The normalized spacial score (nSPS) is 14.2. The first-order valence-corrected chi connectivity index (χ1v) is 6.64. The summed E-state index contributed by atoms with van der Waals surface area (Å²) in [6.45, 7) is 4.69. The summed E-state index contributed by atoms with van der Waals surface area (Å²) in [5, 5.41) is 50.6. The number of hydrogen-bond acceptors (Lipinski definition) is 6. The predicted molar refractivity (Wildman–Crippen MR) is 84.0 cm³/mol. The van der Waals surface area contributed by atoms with Crippen molar-refractivity contribution in [2.24, 2.45) is 0 Å². The van der Waals surface area contributed by atoms with Crippen LogP contribution < -0.4 is 0 Å². The molecule has 0 radical (unpaired) electrons. The van der Waals surface area contributed by atoms with E-state index in [4.69, 9.17) is 20.3 Å². The molecule has 0 saturated heterocycles. The third-order valence-electron chi connectivity index (χ3n) is 3.24. The molecule has 7 heteroatoms. The van der Waals surface area contributed by atoms with Gasteiger partial charge in [-0.2, -0.15) is 5.26 Å². The highest BCUT2D eigenvalue weighted by Gasteiger charge is 2.38. The molecule has 1 rings (SSSR count). The summed E-state index contributed by atoms with van der Waals surface area (Å²) in [6, 6.07) is 11.4. The minimum atomic E-state index is -2.17. The summed E-state index contributed by atoms with van der Waals surface area (Å²) >= 11 is 0. The van der Waals surface area contributed by atoms with Crippen molar-refractivity contribution in [1.82, 2.24) is 0 Å². The van der Waals surface area contributed by atoms with Crippen LogP contribution >= 0.6 is 0 Å². The Morgan fingerprint density at radius 1 is 1.14 bits per heavy atom. The van der Waals surface area contributed by atoms with Crippen LogP contribution in [0.25, 0.3) is 5.57 Å². The largest absolute Gasteiger partial charge is 0.631 e. The second-order valence-electron chi connectivity index (χ2n) is 5.52. The molecule has 120 valence electrons. The van der Waals surface area contributed by atoms with Gasteiger partial charge in [-0.3, -0.25) is 0 Å². The fourth-order valence-electron chi connectivity index (χ4n) is 1.55. The smallest absolute Gasteiger partial charge is 0.402 e. The fourth-order valence-corrected chi connectivity index (χ4v) is 1.55. The van der Waals surface area contributed by atoms with E-state index in [9.17, 15) is 10.2 Å². The summed E-state index contributed by atoms with van der Waals surface area (Å²) in [7, 11) is -2.17. The molecule has 0 amide bonds. The highest BCUT2D eigenvalue weighted by molar-refractivity contribution is 6.30. The molecule has 0 spiro atoms. The van der Waals surface area contributed by atoms with Crippen LogP contribution in [0, 0.1) is 11.3 Å². The highest BCUT2D eigenvalue weighted by atomic mass is 16.5. The van der Waals surface area contributed by atoms with Crippen molar-refractivity contribution in [1.29, 1.82) is 5.26 Å². The third kappa shape index (κ3) is 7.36. The van der Waals surface area contributed by atoms with Crippen molar-refractivity contribution in [2.45, 2.75) is 38.4 Å². The van der Waals surface area contributed by atoms with Crippen LogP contribution in [0.2, 0.25) is 0 Å². The van der Waals surface area contributed by atoms with Gasteiger partial charge in [0.15, 0.2) is 0 Å². The molecule has 0 aromatic heterocycles. The van der Waals surface area contributed by atoms with Gasteiger partial charge in [0.25, 0.3) is 0 Å². The quantitative estimate of drug-likeness (QED) is 0.406. The third-order valence-corrected chi connectivity index (χ3v) is 3.24. The maximum Gasteiger partial charge on any atom is 0.631 e. The maximum absolute atomic E-state index is 10.3. The molecule has 0 aliphatic carbocycles. The van der Waals surface area contributed by atoms with Gasteiger partial charge in [0.2, 0.25) is 0 Å². The van der Waals surface area contributed by atoms with Gasteiger partial charge < -0.3 is 25.3 Å². The standard InChI is InChI=1S/C15H19NO2.BH3O3/c1-14(2,17)15(3,18)11-13(9-10-16)12-7-5-4-6-8-12;2-1(3)4/h4-9,17-18H,11H2,1-3H3;2-4H. The molecule has 0 saturated carbocycles. The number of allylic oxidation sites excluding steroid dienone is 1. The first kappa shape index (κ1) is 20.3. The van der Waals surface area contributed by atoms with Gasteiger partial charge in [-0.25, -0.2) is 0 Å². The second kappa shape index (κ2) is 8.68. The fraction of sp³-hybridized carbons (Fsp3) is 0.400. The summed E-state index contributed by atoms with van der Waals surface area (Å²) < 4.78 is 0. The zero-order chi connectivity index (χ0) is 17.4. The molecule has 5 N–H and O–H groups in total. The van der Waals surface area contributed by atoms with Crippen molar-refractivity contribution >= 4 is 12.9 Å². The van der Waals surface area contributed by atoms with Gasteiger partial charge in [-0.05, 0) is 31.9 Å². The Kier molecular flexibility index (Phi) is 8.02. The molecule has 0 fully saturated rings. The van der Waals surface area contributed by atoms with Crippen molar-refractivity contribution in [2.75, 3.05) is 0 Å². The van der Waals surface area contributed by atoms with E-state index >= 15 is 0 Å². The first-order valence-electron chi connectivity index (χ1n) is 6.64. The summed E-state index contributed by atoms with van der Waals surface area (Å²) in [5.74, 6) is 0. The van der Waals surface area contributed by atoms with Crippen LogP contribution in [0.4, 0.5) is 0 Å². The highest BCUT2D eigenvalue weighted by Crippen LogP contribution is 2.32. The van der Waals surface area contributed by atoms with E-state index in [-0.39, 0.29) is 6.42 Å². The Balaban J connectivity index is 0.000000980. The molecular formula is C15H22BNO5. The topological polar surface area (TPSA) is 125 Å². The molecule has 1 unspecified atom stereocenters. The molecule has 1 atom stereocenters. The lowest BCUT2D eigenvalue weighted by Gasteiger charge is -2.36. The lowest BCUT2D eigenvalue weighted by atomic mass is 9.81. The molecule has 0 aliphatic rings. The van der Waals surface area contributed by atoms with Crippen LogP contribution in [0.1, 0.15) is 32.8 Å². The average molecular weight is 307 g/mol. The van der Waals surface area contributed by atoms with Crippen molar-refractivity contribution in [3.8, 4) is 6.07 Å². The zero-order valence-corrected chi connectivity index (χ0v) is 12.9. The molecule has 1 aromatic carbocycles. The molecule has 0 bridgehead atoms. The van der Waals surface area contributed by atoms with Gasteiger partial charge >= 0.3 is 7.32 Å². The Morgan fingerprint density at radius 2 is 1.59 bits per heavy atom. The number of aliphatic hydroxyl groups is 2. The summed E-state index contributed by atoms with van der Waals surface area (Å²) in [5.41, 5.74) is -0.948. The minimum Gasteiger partial charge on any atom is -0.402 e. The van der Waals surface area contributed by atoms with E-state index in [1.165, 1.54) is 6.08 Å². The molecule has 0 aliphatic heterocycles. The van der Waals surface area contributed by atoms with Crippen LogP contribution in [-0.2, 0) is 0 Å². The van der Waals surface area contributed by atoms with Crippen LogP contribution in [0.15, 0.2) is 36.4 Å². The Morgan fingerprint density at radius 3 is 1.95 bits per heavy atom. The van der Waals surface area contributed by atoms with E-state index in [0.717, 1.165) is 5.56 Å². The van der Waals surface area contributed by atoms with Gasteiger partial charge in [0.05, 0.1) is 17.3 Å². The molecule has 6 nitrogen and oxygen atoms in total. The SMILES string of the molecule is CC(C)(O)C(C)(O)CC(=CC#N)c1ccccc1.OB(O)O. The summed E-state index contributed by atoms with van der Waals surface area (Å²) in [4.78, 5) is 0. The lowest BCUT2D eigenvalue weighted by Crippen LogP contribution is -2.47. The first-order chi connectivity index (χ1) is 10.0. The van der Waals surface area contributed by atoms with E-state index < -0.39 is 18.5 Å². The Hall–Kier alpha value is -1.69. The van der Waals surface area contributed by atoms with Gasteiger partial charge in [-0.15, -0.1) is 0 Å². The number of hydrogen-bond donors (Lipinski definition) is 5. The Labute approximate surface area is 130 Å². The Bertz CT molecular complexity index is 512. The number of benzene rings is 1. The number of nitrogens with zero attached hydrogens (tertiary/aromatic N) is 1. The number of rotatable bonds is 4. The maximum atomic E-state index is 10.3. The van der Waals surface area contributed by atoms with Crippen molar-refractivity contribution in [3.63, 3.8) is 0 Å². The minimum absolute atomic E-state index is 0.216. The van der Waals surface area contributed by atoms with Gasteiger partial charge in [0.1, 0.15) is 0 Å². The predicted octanol–water partition coefficient (Wildman–Crippen LogP) is 0.454. The molecule has 0 heterocycles. The zero-order valence-electron chi connectivity index (χ0n) is 12.9. The molecular weight excluding hydrogens is 285 g/mol. The van der Waals surface area contributed by atoms with Crippen LogP contribution in [0.3, 0.4) is 0 Å². The second-order valence-corrected chi connectivity index (χ2v) is 5.52. The molecule has 1 aromatic rings. The average Bonchev–Trinajstić information content (AvgIpc) is 2.37. The van der Waals surface area contributed by atoms with Crippen LogP contribution in [-0.4, -0.2) is 43.8 Å². The van der Waals surface area contributed by atoms with Crippen molar-refractivity contribution in [3.05, 3.63) is 42.0 Å². The van der Waals surface area contributed by atoms with E-state index in [2.05, 4.69) is 0 Å². The van der Waals surface area contributed by atoms with E-state index in [1.807, 2.05) is 36.4 Å².